The lowest BCUT2D eigenvalue weighted by Crippen LogP contribution is -2.21. The van der Waals surface area contributed by atoms with Crippen LogP contribution in [0.15, 0.2) is 30.0 Å². The highest BCUT2D eigenvalue weighted by Gasteiger charge is 2.30. The molecular formula is C23H31N7O2. The molecule has 3 rings (SSSR count). The first-order valence-electron chi connectivity index (χ1n) is 10.7. The minimum Gasteiger partial charge on any atom is -0.366 e. The molecule has 2 amide bonds. The number of pyridine rings is 1. The van der Waals surface area contributed by atoms with Crippen molar-refractivity contribution in [3.63, 3.8) is 0 Å². The highest BCUT2D eigenvalue weighted by Crippen LogP contribution is 2.36. The Morgan fingerprint density at radius 1 is 1.34 bits per heavy atom. The molecule has 0 atom stereocenters. The Bertz CT molecular complexity index is 1060. The molecule has 1 aliphatic rings. The topological polar surface area (TPSA) is 104 Å². The van der Waals surface area contributed by atoms with Crippen molar-refractivity contribution >= 4 is 46.6 Å². The zero-order valence-electron chi connectivity index (χ0n) is 19.3. The number of carbonyl (C=O) groups excluding carboxylic acids is 2. The summed E-state index contributed by atoms with van der Waals surface area (Å²) in [6.45, 7) is 5.97. The molecule has 1 saturated carbocycles. The van der Waals surface area contributed by atoms with Gasteiger partial charge in [0.1, 0.15) is 17.3 Å². The van der Waals surface area contributed by atoms with Crippen LogP contribution in [0.5, 0.6) is 0 Å². The Morgan fingerprint density at radius 3 is 2.62 bits per heavy atom. The molecule has 32 heavy (non-hydrogen) atoms. The van der Waals surface area contributed by atoms with Crippen molar-refractivity contribution in [2.45, 2.75) is 26.2 Å². The average Bonchev–Trinajstić information content (AvgIpc) is 3.57. The van der Waals surface area contributed by atoms with Crippen LogP contribution < -0.4 is 16.0 Å². The van der Waals surface area contributed by atoms with Crippen LogP contribution in [-0.4, -0.2) is 53.2 Å². The largest absolute Gasteiger partial charge is 0.366 e. The van der Waals surface area contributed by atoms with Crippen LogP contribution in [0.1, 0.15) is 42.2 Å². The van der Waals surface area contributed by atoms with Gasteiger partial charge in [-0.3, -0.25) is 9.59 Å². The second-order valence-electron chi connectivity index (χ2n) is 7.95. The summed E-state index contributed by atoms with van der Waals surface area (Å²) < 4.78 is 1.92. The number of amides is 2. The van der Waals surface area contributed by atoms with Gasteiger partial charge in [0, 0.05) is 59.0 Å². The van der Waals surface area contributed by atoms with Crippen molar-refractivity contribution in [1.82, 2.24) is 19.8 Å². The van der Waals surface area contributed by atoms with Gasteiger partial charge in [0.2, 0.25) is 5.91 Å². The van der Waals surface area contributed by atoms with E-state index in [1.807, 2.05) is 43.7 Å². The molecule has 170 valence electrons. The Balaban J connectivity index is 2.05. The highest BCUT2D eigenvalue weighted by atomic mass is 16.2. The summed E-state index contributed by atoms with van der Waals surface area (Å²) in [5.41, 5.74) is 3.16. The van der Waals surface area contributed by atoms with Gasteiger partial charge in [-0.05, 0) is 18.9 Å². The monoisotopic (exact) mass is 437 g/mol. The van der Waals surface area contributed by atoms with Gasteiger partial charge in [0.25, 0.3) is 5.91 Å². The number of nitrogens with zero attached hydrogens (tertiary/aromatic N) is 4. The summed E-state index contributed by atoms with van der Waals surface area (Å²) in [5.74, 6) is 1.02. The standard InChI is InChI=1S/C23H31N7O2/c1-7-18-21(28-20(8-2)29(4)5)17(13-30(18)6)26-16-11-19(27-22(31)14-9-10-14)25-12-15(16)23(32)24-3/h7,11-14H,1,8-10H2,2-6H3,(H,24,32)(H2,25,26,27,31)/b28-20-. The van der Waals surface area contributed by atoms with Crippen molar-refractivity contribution in [2.24, 2.45) is 18.0 Å². The molecule has 0 aromatic carbocycles. The van der Waals surface area contributed by atoms with Crippen molar-refractivity contribution in [3.05, 3.63) is 36.3 Å². The van der Waals surface area contributed by atoms with Gasteiger partial charge in [-0.1, -0.05) is 13.5 Å². The second kappa shape index (κ2) is 9.67. The molecule has 9 heteroatoms. The molecule has 9 nitrogen and oxygen atoms in total. The molecule has 2 heterocycles. The first kappa shape index (κ1) is 23.1. The third kappa shape index (κ3) is 4.99. The van der Waals surface area contributed by atoms with Gasteiger partial charge < -0.3 is 25.4 Å². The van der Waals surface area contributed by atoms with E-state index in [9.17, 15) is 9.59 Å². The lowest BCUT2D eigenvalue weighted by Gasteiger charge is -2.16. The molecule has 0 radical (unpaired) electrons. The summed E-state index contributed by atoms with van der Waals surface area (Å²) in [6, 6.07) is 1.67. The van der Waals surface area contributed by atoms with Crippen LogP contribution >= 0.6 is 0 Å². The molecule has 0 saturated heterocycles. The molecule has 2 aromatic rings. The molecule has 0 spiro atoms. The smallest absolute Gasteiger partial charge is 0.254 e. The number of aromatic nitrogens is 2. The minimum absolute atomic E-state index is 0.0475. The lowest BCUT2D eigenvalue weighted by atomic mass is 10.2. The Hall–Kier alpha value is -3.62. The summed E-state index contributed by atoms with van der Waals surface area (Å²) >= 11 is 0. The van der Waals surface area contributed by atoms with Crippen LogP contribution in [0, 0.1) is 5.92 Å². The Kier molecular flexibility index (Phi) is 6.97. The third-order valence-electron chi connectivity index (χ3n) is 5.31. The van der Waals surface area contributed by atoms with Crippen molar-refractivity contribution in [2.75, 3.05) is 31.8 Å². The van der Waals surface area contributed by atoms with Gasteiger partial charge in [-0.2, -0.15) is 0 Å². The molecule has 0 aliphatic heterocycles. The maximum atomic E-state index is 12.5. The Labute approximate surface area is 188 Å². The van der Waals surface area contributed by atoms with E-state index in [1.54, 1.807) is 19.2 Å². The maximum Gasteiger partial charge on any atom is 0.254 e. The number of aryl methyl sites for hydroxylation is 1. The van der Waals surface area contributed by atoms with Crippen LogP contribution in [0.4, 0.5) is 22.9 Å². The predicted octanol–water partition coefficient (Wildman–Crippen LogP) is 3.52. The molecule has 2 aromatic heterocycles. The number of carbonyl (C=O) groups is 2. The summed E-state index contributed by atoms with van der Waals surface area (Å²) in [7, 11) is 7.38. The number of hydrogen-bond acceptors (Lipinski definition) is 5. The third-order valence-corrected chi connectivity index (χ3v) is 5.31. The number of nitrogens with one attached hydrogen (secondary N) is 3. The van der Waals surface area contributed by atoms with Crippen LogP contribution in [0.2, 0.25) is 0 Å². The van der Waals surface area contributed by atoms with E-state index < -0.39 is 0 Å². The quantitative estimate of drug-likeness (QED) is 0.433. The number of aliphatic imine (C=N–C) groups is 1. The van der Waals surface area contributed by atoms with Crippen molar-refractivity contribution in [3.8, 4) is 0 Å². The number of hydrogen-bond donors (Lipinski definition) is 3. The summed E-state index contributed by atoms with van der Waals surface area (Å²) in [6.07, 6.45) is 7.66. The van der Waals surface area contributed by atoms with E-state index >= 15 is 0 Å². The van der Waals surface area contributed by atoms with Gasteiger partial charge in [0.05, 0.1) is 22.6 Å². The van der Waals surface area contributed by atoms with Crippen LogP contribution in [0.25, 0.3) is 6.08 Å². The highest BCUT2D eigenvalue weighted by molar-refractivity contribution is 6.02. The van der Waals surface area contributed by atoms with Crippen LogP contribution in [-0.2, 0) is 11.8 Å². The number of rotatable bonds is 8. The SMILES string of the molecule is C=Cc1c(/N=C(/CC)N(C)C)c(Nc2cc(NC(=O)C3CC3)ncc2C(=O)NC)cn1C. The zero-order chi connectivity index (χ0) is 23.4. The van der Waals surface area contributed by atoms with E-state index in [2.05, 4.69) is 27.5 Å². The molecule has 1 fully saturated rings. The fourth-order valence-electron chi connectivity index (χ4n) is 3.36. The predicted molar refractivity (Wildman–Crippen MR) is 129 cm³/mol. The average molecular weight is 438 g/mol. The van der Waals surface area contributed by atoms with E-state index in [-0.39, 0.29) is 17.7 Å². The minimum atomic E-state index is -0.285. The number of anilines is 3. The van der Waals surface area contributed by atoms with Gasteiger partial charge in [0.15, 0.2) is 0 Å². The number of amidine groups is 1. The normalized spacial score (nSPS) is 13.5. The Morgan fingerprint density at radius 2 is 2.06 bits per heavy atom. The van der Waals surface area contributed by atoms with E-state index in [4.69, 9.17) is 4.99 Å². The molecule has 0 bridgehead atoms. The molecule has 1 aliphatic carbocycles. The maximum absolute atomic E-state index is 12.5. The van der Waals surface area contributed by atoms with E-state index in [0.29, 0.717) is 22.8 Å². The van der Waals surface area contributed by atoms with Gasteiger partial charge >= 0.3 is 0 Å². The van der Waals surface area contributed by atoms with E-state index in [0.717, 1.165) is 36.5 Å². The molecular weight excluding hydrogens is 406 g/mol. The van der Waals surface area contributed by atoms with Crippen molar-refractivity contribution in [1.29, 1.82) is 0 Å². The summed E-state index contributed by atoms with van der Waals surface area (Å²) in [5, 5.41) is 8.80. The fraction of sp³-hybridized carbons (Fsp3) is 0.391. The molecule has 3 N–H and O–H groups in total. The zero-order valence-corrected chi connectivity index (χ0v) is 19.3. The summed E-state index contributed by atoms with van der Waals surface area (Å²) in [4.78, 5) is 35.8. The second-order valence-corrected chi connectivity index (χ2v) is 7.95. The van der Waals surface area contributed by atoms with Gasteiger partial charge in [-0.15, -0.1) is 0 Å². The first-order valence-corrected chi connectivity index (χ1v) is 10.7. The molecule has 0 unspecified atom stereocenters. The lowest BCUT2D eigenvalue weighted by molar-refractivity contribution is -0.117. The fourth-order valence-corrected chi connectivity index (χ4v) is 3.36. The van der Waals surface area contributed by atoms with Gasteiger partial charge in [-0.25, -0.2) is 9.98 Å². The first-order chi connectivity index (χ1) is 15.3. The van der Waals surface area contributed by atoms with Crippen molar-refractivity contribution < 1.29 is 9.59 Å². The van der Waals surface area contributed by atoms with Crippen LogP contribution in [0.3, 0.4) is 0 Å². The van der Waals surface area contributed by atoms with E-state index in [1.165, 1.54) is 6.20 Å².